The SMILES string of the molecule is CS1=NC(N)=NC(=O)N1. The monoisotopic (exact) mass is 146 g/mol. The van der Waals surface area contributed by atoms with Gasteiger partial charge in [0.2, 0.25) is 5.96 Å². The molecule has 5 nitrogen and oxygen atoms in total. The number of aliphatic imine (C=N–C) groups is 1. The standard InChI is InChI=1S/C3H6N4OS/c1-9-6-2(4)5-3(8)7-9/h1H3,(H3,4,5,6,7,8). The fraction of sp³-hybridized carbons (Fsp3) is 0.333. The number of rotatable bonds is 0. The number of carbonyl (C=O) groups excluding carboxylic acids is 1. The van der Waals surface area contributed by atoms with Crippen molar-refractivity contribution >= 4 is 22.9 Å². The van der Waals surface area contributed by atoms with Crippen LogP contribution in [-0.4, -0.2) is 18.2 Å². The molecule has 0 aromatic carbocycles. The second-order valence-corrected chi connectivity index (χ2v) is 2.79. The van der Waals surface area contributed by atoms with Gasteiger partial charge in [0.05, 0.1) is 0 Å². The maximum atomic E-state index is 10.5. The highest BCUT2D eigenvalue weighted by atomic mass is 32.2. The van der Waals surface area contributed by atoms with Gasteiger partial charge in [0.25, 0.3) is 0 Å². The maximum absolute atomic E-state index is 10.5. The van der Waals surface area contributed by atoms with Crippen LogP contribution in [0.2, 0.25) is 0 Å². The Morgan fingerprint density at radius 1 is 1.78 bits per heavy atom. The molecule has 1 atom stereocenters. The largest absolute Gasteiger partial charge is 0.367 e. The molecule has 0 bridgehead atoms. The number of hydrogen-bond acceptors (Lipinski definition) is 3. The van der Waals surface area contributed by atoms with Crippen LogP contribution in [0.1, 0.15) is 0 Å². The van der Waals surface area contributed by atoms with Crippen molar-refractivity contribution in [2.75, 3.05) is 6.26 Å². The Morgan fingerprint density at radius 2 is 2.44 bits per heavy atom. The molecule has 1 heterocycles. The van der Waals surface area contributed by atoms with Crippen LogP contribution < -0.4 is 10.5 Å². The highest BCUT2D eigenvalue weighted by Crippen LogP contribution is 1.88. The van der Waals surface area contributed by atoms with Crippen molar-refractivity contribution in [2.45, 2.75) is 0 Å². The van der Waals surface area contributed by atoms with E-state index >= 15 is 0 Å². The molecular weight excluding hydrogens is 140 g/mol. The Labute approximate surface area is 54.6 Å². The minimum absolute atomic E-state index is 0.0598. The average Bonchev–Trinajstić information content (AvgIpc) is 1.59. The van der Waals surface area contributed by atoms with E-state index in [1.165, 1.54) is 0 Å². The number of nitrogens with one attached hydrogen (secondary N) is 1. The number of amides is 2. The van der Waals surface area contributed by atoms with E-state index in [1.54, 1.807) is 6.26 Å². The van der Waals surface area contributed by atoms with Crippen LogP contribution in [-0.2, 0) is 10.9 Å². The third-order valence-electron chi connectivity index (χ3n) is 0.682. The van der Waals surface area contributed by atoms with Crippen molar-refractivity contribution < 1.29 is 4.79 Å². The number of nitrogens with zero attached hydrogens (tertiary/aromatic N) is 2. The summed E-state index contributed by atoms with van der Waals surface area (Å²) in [5, 5.41) is 0. The lowest BCUT2D eigenvalue weighted by Crippen LogP contribution is -2.29. The molecule has 0 saturated heterocycles. The zero-order valence-corrected chi connectivity index (χ0v) is 5.60. The molecule has 1 aliphatic heterocycles. The van der Waals surface area contributed by atoms with Crippen LogP contribution in [0, 0.1) is 0 Å². The van der Waals surface area contributed by atoms with Gasteiger partial charge < -0.3 is 5.73 Å². The van der Waals surface area contributed by atoms with Gasteiger partial charge in [0.15, 0.2) is 0 Å². The summed E-state index contributed by atoms with van der Waals surface area (Å²) in [6.07, 6.45) is 1.75. The number of hydrogen-bond donors (Lipinski definition) is 2. The van der Waals surface area contributed by atoms with E-state index in [1.807, 2.05) is 0 Å². The van der Waals surface area contributed by atoms with Crippen LogP contribution in [0.3, 0.4) is 0 Å². The van der Waals surface area contributed by atoms with E-state index in [0.29, 0.717) is 0 Å². The Morgan fingerprint density at radius 3 is 2.89 bits per heavy atom. The summed E-state index contributed by atoms with van der Waals surface area (Å²) < 4.78 is 6.22. The summed E-state index contributed by atoms with van der Waals surface area (Å²) in [5.74, 6) is 0.0598. The van der Waals surface area contributed by atoms with Crippen molar-refractivity contribution in [3.63, 3.8) is 0 Å². The van der Waals surface area contributed by atoms with Crippen molar-refractivity contribution in [1.29, 1.82) is 0 Å². The third kappa shape index (κ3) is 1.49. The lowest BCUT2D eigenvalue weighted by atomic mass is 11.0. The molecule has 0 spiro atoms. The quantitative estimate of drug-likeness (QED) is 0.477. The predicted octanol–water partition coefficient (Wildman–Crippen LogP) is -0.629. The van der Waals surface area contributed by atoms with Gasteiger partial charge >= 0.3 is 6.03 Å². The molecule has 3 N–H and O–H groups in total. The van der Waals surface area contributed by atoms with Crippen LogP contribution in [0.25, 0.3) is 0 Å². The smallest absolute Gasteiger partial charge is 0.354 e. The van der Waals surface area contributed by atoms with Crippen molar-refractivity contribution in [2.24, 2.45) is 15.1 Å². The first-order chi connectivity index (χ1) is 4.18. The van der Waals surface area contributed by atoms with E-state index in [9.17, 15) is 4.79 Å². The molecule has 50 valence electrons. The number of guanidine groups is 1. The van der Waals surface area contributed by atoms with E-state index in [2.05, 4.69) is 14.1 Å². The van der Waals surface area contributed by atoms with Crippen molar-refractivity contribution in [3.05, 3.63) is 0 Å². The Balaban J connectivity index is 2.86. The Kier molecular flexibility index (Phi) is 1.48. The highest BCUT2D eigenvalue weighted by molar-refractivity contribution is 7.85. The molecule has 1 unspecified atom stereocenters. The maximum Gasteiger partial charge on any atom is 0.354 e. The van der Waals surface area contributed by atoms with E-state index < -0.39 is 16.9 Å². The molecule has 1 aliphatic rings. The van der Waals surface area contributed by atoms with E-state index in [4.69, 9.17) is 5.73 Å². The van der Waals surface area contributed by atoms with Gasteiger partial charge in [-0.25, -0.2) is 4.79 Å². The highest BCUT2D eigenvalue weighted by Gasteiger charge is 2.05. The predicted molar refractivity (Wildman–Crippen MR) is 35.9 cm³/mol. The van der Waals surface area contributed by atoms with E-state index in [-0.39, 0.29) is 5.96 Å². The summed E-state index contributed by atoms with van der Waals surface area (Å²) in [5.41, 5.74) is 5.14. The fourth-order valence-corrected chi connectivity index (χ4v) is 1.10. The molecule has 0 aromatic rings. The van der Waals surface area contributed by atoms with Gasteiger partial charge in [0, 0.05) is 17.1 Å². The molecule has 0 fully saturated rings. The summed E-state index contributed by atoms with van der Waals surface area (Å²) >= 11 is 0. The number of carbonyl (C=O) groups is 1. The summed E-state index contributed by atoms with van der Waals surface area (Å²) in [6, 6.07) is -0.409. The molecule has 0 saturated carbocycles. The molecular formula is C3H6N4OS. The Bertz CT molecular complexity index is 208. The van der Waals surface area contributed by atoms with E-state index in [0.717, 1.165) is 0 Å². The first-order valence-electron chi connectivity index (χ1n) is 2.21. The van der Waals surface area contributed by atoms with Gasteiger partial charge in [-0.1, -0.05) is 0 Å². The molecule has 9 heavy (non-hydrogen) atoms. The zero-order chi connectivity index (χ0) is 6.85. The number of urea groups is 1. The van der Waals surface area contributed by atoms with Crippen molar-refractivity contribution in [3.8, 4) is 0 Å². The van der Waals surface area contributed by atoms with Gasteiger partial charge in [-0.3, -0.25) is 4.72 Å². The minimum atomic E-state index is -0.481. The van der Waals surface area contributed by atoms with Crippen LogP contribution in [0.5, 0.6) is 0 Å². The van der Waals surface area contributed by atoms with Crippen LogP contribution >= 0.6 is 0 Å². The minimum Gasteiger partial charge on any atom is -0.367 e. The van der Waals surface area contributed by atoms with Crippen LogP contribution in [0.4, 0.5) is 4.79 Å². The summed E-state index contributed by atoms with van der Waals surface area (Å²) in [4.78, 5) is 13.8. The second kappa shape index (κ2) is 2.14. The Hall–Kier alpha value is -0.910. The lowest BCUT2D eigenvalue weighted by molar-refractivity contribution is 0.254. The topological polar surface area (TPSA) is 79.8 Å². The molecule has 0 radical (unpaired) electrons. The first kappa shape index (κ1) is 6.21. The molecule has 1 rings (SSSR count). The van der Waals surface area contributed by atoms with Gasteiger partial charge in [-0.05, 0) is 0 Å². The molecule has 0 aliphatic carbocycles. The molecule has 0 aromatic heterocycles. The zero-order valence-electron chi connectivity index (χ0n) is 4.79. The lowest BCUT2D eigenvalue weighted by Gasteiger charge is -2.05. The first-order valence-corrected chi connectivity index (χ1v) is 3.80. The molecule has 2 amide bonds. The molecule has 6 heteroatoms. The normalized spacial score (nSPS) is 26.1. The van der Waals surface area contributed by atoms with Crippen LogP contribution in [0.15, 0.2) is 9.36 Å². The fourth-order valence-electron chi connectivity index (χ4n) is 0.437. The van der Waals surface area contributed by atoms with Crippen molar-refractivity contribution in [1.82, 2.24) is 4.72 Å². The van der Waals surface area contributed by atoms with Gasteiger partial charge in [-0.2, -0.15) is 9.36 Å². The van der Waals surface area contributed by atoms with Gasteiger partial charge in [0.1, 0.15) is 0 Å². The average molecular weight is 146 g/mol. The van der Waals surface area contributed by atoms with Gasteiger partial charge in [-0.15, -0.1) is 0 Å². The summed E-state index contributed by atoms with van der Waals surface area (Å²) in [6.45, 7) is 0. The summed E-state index contributed by atoms with van der Waals surface area (Å²) in [7, 11) is -0.481. The third-order valence-corrected chi connectivity index (χ3v) is 1.61. The second-order valence-electron chi connectivity index (χ2n) is 1.45. The number of nitrogens with two attached hydrogens (primary N) is 1.